The zero-order valence-electron chi connectivity index (χ0n) is 14.8. The van der Waals surface area contributed by atoms with Crippen molar-refractivity contribution in [2.75, 3.05) is 0 Å². The van der Waals surface area contributed by atoms with E-state index in [-0.39, 0.29) is 6.10 Å². The average molecular weight is 361 g/mol. The van der Waals surface area contributed by atoms with Gasteiger partial charge in [0.15, 0.2) is 5.82 Å². The van der Waals surface area contributed by atoms with Gasteiger partial charge in [-0.1, -0.05) is 11.6 Å². The van der Waals surface area contributed by atoms with E-state index in [9.17, 15) is 0 Å². The normalized spacial score (nSPS) is 11.4. The van der Waals surface area contributed by atoms with E-state index in [0.29, 0.717) is 23.9 Å². The second kappa shape index (κ2) is 7.33. The molecule has 8 heteroatoms. The smallest absolute Gasteiger partial charge is 0.177 e. The van der Waals surface area contributed by atoms with Crippen molar-refractivity contribution >= 4 is 11.6 Å². The predicted octanol–water partition coefficient (Wildman–Crippen LogP) is 2.87. The molecule has 3 rings (SSSR count). The van der Waals surface area contributed by atoms with Crippen LogP contribution in [0.3, 0.4) is 0 Å². The van der Waals surface area contributed by atoms with Crippen LogP contribution >= 0.6 is 11.6 Å². The van der Waals surface area contributed by atoms with Gasteiger partial charge in [0.05, 0.1) is 40.8 Å². The highest BCUT2D eigenvalue weighted by molar-refractivity contribution is 6.31. The van der Waals surface area contributed by atoms with Gasteiger partial charge in [0, 0.05) is 13.2 Å². The fourth-order valence-corrected chi connectivity index (χ4v) is 2.72. The van der Waals surface area contributed by atoms with Gasteiger partial charge >= 0.3 is 0 Å². The second-order valence-electron chi connectivity index (χ2n) is 6.06. The van der Waals surface area contributed by atoms with Gasteiger partial charge in [0.25, 0.3) is 0 Å². The Bertz CT molecular complexity index is 850. The summed E-state index contributed by atoms with van der Waals surface area (Å²) in [6, 6.07) is 3.85. The molecule has 0 spiro atoms. The Labute approximate surface area is 151 Å². The van der Waals surface area contributed by atoms with Crippen LogP contribution in [0.2, 0.25) is 5.02 Å². The molecule has 3 aromatic heterocycles. The molecule has 0 amide bonds. The molecule has 0 atom stereocenters. The maximum atomic E-state index is 6.26. The number of nitrogens with zero attached hydrogens (tertiary/aromatic N) is 6. The summed E-state index contributed by atoms with van der Waals surface area (Å²) in [6.07, 6.45) is 4.02. The minimum atomic E-state index is 0.113. The highest BCUT2D eigenvalue weighted by atomic mass is 35.5. The Morgan fingerprint density at radius 1 is 1.32 bits per heavy atom. The van der Waals surface area contributed by atoms with Gasteiger partial charge in [-0.25, -0.2) is 9.67 Å². The van der Waals surface area contributed by atoms with Gasteiger partial charge in [-0.3, -0.25) is 9.67 Å². The SMILES string of the molecule is Cc1ncccc1-n1nc(COC(C)C)nc1Cc1c(Cl)cnn1C. The van der Waals surface area contributed by atoms with Crippen molar-refractivity contribution in [1.82, 2.24) is 29.5 Å². The van der Waals surface area contributed by atoms with Crippen molar-refractivity contribution in [1.29, 1.82) is 0 Å². The van der Waals surface area contributed by atoms with Crippen LogP contribution in [0.15, 0.2) is 24.5 Å². The van der Waals surface area contributed by atoms with Crippen molar-refractivity contribution in [3.8, 4) is 5.69 Å². The van der Waals surface area contributed by atoms with Crippen LogP contribution in [-0.2, 0) is 24.8 Å². The molecule has 3 heterocycles. The molecule has 0 aliphatic carbocycles. The summed E-state index contributed by atoms with van der Waals surface area (Å²) >= 11 is 6.26. The highest BCUT2D eigenvalue weighted by Crippen LogP contribution is 2.20. The second-order valence-corrected chi connectivity index (χ2v) is 6.47. The van der Waals surface area contributed by atoms with Crippen LogP contribution in [-0.4, -0.2) is 35.6 Å². The number of hydrogen-bond acceptors (Lipinski definition) is 5. The molecule has 25 heavy (non-hydrogen) atoms. The molecular weight excluding hydrogens is 340 g/mol. The third kappa shape index (κ3) is 3.88. The van der Waals surface area contributed by atoms with Crippen LogP contribution in [0.25, 0.3) is 5.69 Å². The minimum absolute atomic E-state index is 0.113. The van der Waals surface area contributed by atoms with E-state index in [1.807, 2.05) is 44.6 Å². The van der Waals surface area contributed by atoms with E-state index < -0.39 is 0 Å². The van der Waals surface area contributed by atoms with Crippen molar-refractivity contribution in [3.63, 3.8) is 0 Å². The number of hydrogen-bond donors (Lipinski definition) is 0. The Hall–Kier alpha value is -2.25. The molecule has 3 aromatic rings. The maximum Gasteiger partial charge on any atom is 0.177 e. The van der Waals surface area contributed by atoms with Crippen LogP contribution in [0.5, 0.6) is 0 Å². The van der Waals surface area contributed by atoms with E-state index >= 15 is 0 Å². The van der Waals surface area contributed by atoms with Gasteiger partial charge in [-0.2, -0.15) is 5.10 Å². The Morgan fingerprint density at radius 2 is 2.12 bits per heavy atom. The number of pyridine rings is 1. The molecule has 0 N–H and O–H groups in total. The van der Waals surface area contributed by atoms with Crippen LogP contribution in [0.4, 0.5) is 0 Å². The first-order valence-corrected chi connectivity index (χ1v) is 8.48. The summed E-state index contributed by atoms with van der Waals surface area (Å²) in [7, 11) is 1.86. The van der Waals surface area contributed by atoms with E-state index in [4.69, 9.17) is 16.3 Å². The standard InChI is InChI=1S/C17H21ClN6O/c1-11(2)25-10-16-21-17(8-15-13(18)9-20-23(15)4)24(22-16)14-6-5-7-19-12(14)3/h5-7,9,11H,8,10H2,1-4H3. The Balaban J connectivity index is 2.01. The van der Waals surface area contributed by atoms with Gasteiger partial charge in [-0.15, -0.1) is 5.10 Å². The van der Waals surface area contributed by atoms with Crippen molar-refractivity contribution in [3.05, 3.63) is 52.6 Å². The lowest BCUT2D eigenvalue weighted by atomic mass is 10.2. The van der Waals surface area contributed by atoms with Gasteiger partial charge in [0.1, 0.15) is 12.4 Å². The van der Waals surface area contributed by atoms with E-state index in [1.54, 1.807) is 17.1 Å². The van der Waals surface area contributed by atoms with E-state index in [2.05, 4.69) is 20.2 Å². The highest BCUT2D eigenvalue weighted by Gasteiger charge is 2.17. The summed E-state index contributed by atoms with van der Waals surface area (Å²) in [5.74, 6) is 1.40. The summed E-state index contributed by atoms with van der Waals surface area (Å²) in [4.78, 5) is 9.00. The number of halogens is 1. The summed E-state index contributed by atoms with van der Waals surface area (Å²) in [5.41, 5.74) is 2.65. The minimum Gasteiger partial charge on any atom is -0.371 e. The number of rotatable bonds is 6. The molecule has 0 fully saturated rings. The zero-order valence-corrected chi connectivity index (χ0v) is 15.5. The largest absolute Gasteiger partial charge is 0.371 e. The van der Waals surface area contributed by atoms with Crippen LogP contribution in [0, 0.1) is 6.92 Å². The number of aromatic nitrogens is 6. The Morgan fingerprint density at radius 3 is 2.76 bits per heavy atom. The topological polar surface area (TPSA) is 70.7 Å². The molecular formula is C17H21ClN6O. The van der Waals surface area contributed by atoms with Crippen molar-refractivity contribution < 1.29 is 4.74 Å². The third-order valence-electron chi connectivity index (χ3n) is 3.81. The third-order valence-corrected chi connectivity index (χ3v) is 4.12. The molecule has 0 aromatic carbocycles. The van der Waals surface area contributed by atoms with Crippen LogP contribution in [0.1, 0.15) is 36.9 Å². The first-order chi connectivity index (χ1) is 12.0. The average Bonchev–Trinajstić information content (AvgIpc) is 3.12. The molecule has 7 nitrogen and oxygen atoms in total. The van der Waals surface area contributed by atoms with Gasteiger partial charge < -0.3 is 4.74 Å². The fourth-order valence-electron chi connectivity index (χ4n) is 2.49. The molecule has 0 radical (unpaired) electrons. The lowest BCUT2D eigenvalue weighted by Gasteiger charge is -2.08. The molecule has 0 bridgehead atoms. The van der Waals surface area contributed by atoms with Crippen molar-refractivity contribution in [2.24, 2.45) is 7.05 Å². The first-order valence-electron chi connectivity index (χ1n) is 8.10. The molecule has 0 aliphatic rings. The molecule has 0 saturated heterocycles. The van der Waals surface area contributed by atoms with Gasteiger partial charge in [0.2, 0.25) is 0 Å². The maximum absolute atomic E-state index is 6.26. The molecule has 0 saturated carbocycles. The monoisotopic (exact) mass is 360 g/mol. The molecule has 0 aliphatic heterocycles. The predicted molar refractivity (Wildman–Crippen MR) is 94.8 cm³/mol. The summed E-state index contributed by atoms with van der Waals surface area (Å²) < 4.78 is 9.21. The quantitative estimate of drug-likeness (QED) is 0.676. The molecule has 0 unspecified atom stereocenters. The Kier molecular flexibility index (Phi) is 5.15. The lowest BCUT2D eigenvalue weighted by Crippen LogP contribution is -2.09. The van der Waals surface area contributed by atoms with E-state index in [1.165, 1.54) is 0 Å². The fraction of sp³-hybridized carbons (Fsp3) is 0.412. The number of aryl methyl sites for hydroxylation is 2. The number of ether oxygens (including phenoxy) is 1. The van der Waals surface area contributed by atoms with Gasteiger partial charge in [-0.05, 0) is 32.9 Å². The lowest BCUT2D eigenvalue weighted by molar-refractivity contribution is 0.0613. The first kappa shape index (κ1) is 17.6. The molecule has 132 valence electrons. The van der Waals surface area contributed by atoms with E-state index in [0.717, 1.165) is 22.9 Å². The van der Waals surface area contributed by atoms with Crippen LogP contribution < -0.4 is 0 Å². The van der Waals surface area contributed by atoms with Crippen molar-refractivity contribution in [2.45, 2.75) is 39.9 Å². The summed E-state index contributed by atoms with van der Waals surface area (Å²) in [5, 5.41) is 9.42. The zero-order chi connectivity index (χ0) is 18.0. The summed E-state index contributed by atoms with van der Waals surface area (Å²) in [6.45, 7) is 6.27.